The molecule has 0 unspecified atom stereocenters. The summed E-state index contributed by atoms with van der Waals surface area (Å²) in [7, 11) is 1.59. The Morgan fingerprint density at radius 3 is 2.67 bits per heavy atom. The summed E-state index contributed by atoms with van der Waals surface area (Å²) >= 11 is 0. The van der Waals surface area contributed by atoms with Crippen LogP contribution in [-0.2, 0) is 4.79 Å². The number of piperidine rings is 1. The van der Waals surface area contributed by atoms with Gasteiger partial charge in [-0.25, -0.2) is 9.97 Å². The van der Waals surface area contributed by atoms with Gasteiger partial charge in [0.25, 0.3) is 0 Å². The Hall–Kier alpha value is -2.83. The van der Waals surface area contributed by atoms with Gasteiger partial charge in [-0.1, -0.05) is 12.1 Å². The van der Waals surface area contributed by atoms with Crippen LogP contribution < -0.4 is 20.3 Å². The zero-order chi connectivity index (χ0) is 16.6. The molecular weight excluding hydrogens is 306 g/mol. The van der Waals surface area contributed by atoms with Gasteiger partial charge in [0.15, 0.2) is 0 Å². The Balaban J connectivity index is 1.52. The summed E-state index contributed by atoms with van der Waals surface area (Å²) in [6.07, 6.45) is 2.92. The molecule has 1 spiro atoms. The molecule has 1 amide bonds. The zero-order valence-electron chi connectivity index (χ0n) is 13.5. The molecule has 1 aromatic heterocycles. The third-order valence-corrected chi connectivity index (χ3v) is 4.76. The van der Waals surface area contributed by atoms with Gasteiger partial charge in [-0.15, -0.1) is 0 Å². The molecule has 1 fully saturated rings. The van der Waals surface area contributed by atoms with Crippen LogP contribution in [0.1, 0.15) is 12.8 Å². The molecular formula is C17H19N5O2. The second kappa shape index (κ2) is 5.67. The Morgan fingerprint density at radius 1 is 1.17 bits per heavy atom. The molecule has 4 rings (SSSR count). The van der Waals surface area contributed by atoms with E-state index in [-0.39, 0.29) is 5.91 Å². The maximum absolute atomic E-state index is 12.6. The molecule has 1 aromatic carbocycles. The Morgan fingerprint density at radius 2 is 1.92 bits per heavy atom. The molecule has 2 aliphatic rings. The van der Waals surface area contributed by atoms with E-state index in [0.29, 0.717) is 18.7 Å². The number of para-hydroxylation sites is 2. The van der Waals surface area contributed by atoms with Gasteiger partial charge >= 0.3 is 0 Å². The Kier molecular flexibility index (Phi) is 3.48. The molecule has 0 aliphatic carbocycles. The van der Waals surface area contributed by atoms with Crippen LogP contribution >= 0.6 is 0 Å². The second-order valence-corrected chi connectivity index (χ2v) is 6.11. The van der Waals surface area contributed by atoms with E-state index in [1.807, 2.05) is 30.3 Å². The molecule has 2 aliphatic heterocycles. The van der Waals surface area contributed by atoms with Crippen LogP contribution in [0.3, 0.4) is 0 Å². The molecule has 0 saturated carbocycles. The van der Waals surface area contributed by atoms with Crippen molar-refractivity contribution in [3.63, 3.8) is 0 Å². The number of hydrogen-bond acceptors (Lipinski definition) is 6. The van der Waals surface area contributed by atoms with Crippen LogP contribution in [0.25, 0.3) is 0 Å². The van der Waals surface area contributed by atoms with Crippen LogP contribution in [0.4, 0.5) is 17.2 Å². The highest BCUT2D eigenvalue weighted by Gasteiger charge is 2.44. The number of anilines is 3. The molecule has 0 bridgehead atoms. The van der Waals surface area contributed by atoms with E-state index in [9.17, 15) is 4.79 Å². The molecule has 124 valence electrons. The zero-order valence-corrected chi connectivity index (χ0v) is 13.5. The van der Waals surface area contributed by atoms with E-state index in [1.165, 1.54) is 6.33 Å². The number of benzene rings is 1. The number of aromatic nitrogens is 2. The van der Waals surface area contributed by atoms with E-state index in [1.54, 1.807) is 7.11 Å². The predicted octanol–water partition coefficient (Wildman–Crippen LogP) is 1.89. The lowest BCUT2D eigenvalue weighted by atomic mass is 9.84. The normalized spacial score (nSPS) is 18.5. The number of nitrogens with zero attached hydrogens (tertiary/aromatic N) is 3. The number of carbonyl (C=O) groups is 1. The van der Waals surface area contributed by atoms with Crippen LogP contribution in [0, 0.1) is 0 Å². The lowest BCUT2D eigenvalue weighted by Gasteiger charge is -2.44. The monoisotopic (exact) mass is 325 g/mol. The number of methoxy groups -OCH3 is 1. The highest BCUT2D eigenvalue weighted by Crippen LogP contribution is 2.37. The van der Waals surface area contributed by atoms with Crippen molar-refractivity contribution in [3.8, 4) is 5.88 Å². The molecule has 7 heteroatoms. The fourth-order valence-corrected chi connectivity index (χ4v) is 3.34. The molecule has 2 N–H and O–H groups in total. The molecule has 7 nitrogen and oxygen atoms in total. The largest absolute Gasteiger partial charge is 0.481 e. The smallest absolute Gasteiger partial charge is 0.250 e. The minimum atomic E-state index is -0.554. The highest BCUT2D eigenvalue weighted by molar-refractivity contribution is 6.06. The minimum absolute atomic E-state index is 0.0427. The Bertz CT molecular complexity index is 771. The SMILES string of the molecule is COc1cc(N2CCC3(CC2)Nc2ccccc2NC3=O)ncn1. The van der Waals surface area contributed by atoms with Gasteiger partial charge in [-0.3, -0.25) is 4.79 Å². The minimum Gasteiger partial charge on any atom is -0.481 e. The van der Waals surface area contributed by atoms with E-state index in [2.05, 4.69) is 25.5 Å². The average Bonchev–Trinajstić information content (AvgIpc) is 2.63. The number of fused-ring (bicyclic) bond motifs is 1. The first kappa shape index (κ1) is 14.7. The van der Waals surface area contributed by atoms with Crippen molar-refractivity contribution in [1.82, 2.24) is 9.97 Å². The van der Waals surface area contributed by atoms with Crippen LogP contribution in [0.2, 0.25) is 0 Å². The summed E-state index contributed by atoms with van der Waals surface area (Å²) in [5.74, 6) is 1.41. The summed E-state index contributed by atoms with van der Waals surface area (Å²) in [5.41, 5.74) is 1.27. The first-order valence-corrected chi connectivity index (χ1v) is 8.00. The first-order chi connectivity index (χ1) is 11.7. The topological polar surface area (TPSA) is 79.4 Å². The van der Waals surface area contributed by atoms with Gasteiger partial charge in [0.1, 0.15) is 17.7 Å². The number of nitrogens with one attached hydrogen (secondary N) is 2. The van der Waals surface area contributed by atoms with Crippen molar-refractivity contribution < 1.29 is 9.53 Å². The van der Waals surface area contributed by atoms with Crippen LogP contribution in [0.5, 0.6) is 5.88 Å². The summed E-state index contributed by atoms with van der Waals surface area (Å²) in [5, 5.41) is 6.49. The molecule has 0 atom stereocenters. The third kappa shape index (κ3) is 2.42. The quantitative estimate of drug-likeness (QED) is 0.878. The first-order valence-electron chi connectivity index (χ1n) is 8.00. The predicted molar refractivity (Wildman–Crippen MR) is 91.5 cm³/mol. The number of ether oxygens (including phenoxy) is 1. The number of carbonyl (C=O) groups excluding carboxylic acids is 1. The second-order valence-electron chi connectivity index (χ2n) is 6.11. The molecule has 0 radical (unpaired) electrons. The fraction of sp³-hybridized carbons (Fsp3) is 0.353. The van der Waals surface area contributed by atoms with Crippen molar-refractivity contribution in [3.05, 3.63) is 36.7 Å². The molecule has 24 heavy (non-hydrogen) atoms. The van der Waals surface area contributed by atoms with Crippen molar-refractivity contribution >= 4 is 23.1 Å². The highest BCUT2D eigenvalue weighted by atomic mass is 16.5. The number of rotatable bonds is 2. The van der Waals surface area contributed by atoms with Crippen molar-refractivity contribution in [2.45, 2.75) is 18.4 Å². The summed E-state index contributed by atoms with van der Waals surface area (Å²) in [6, 6.07) is 9.62. The fourth-order valence-electron chi connectivity index (χ4n) is 3.34. The molecule has 1 saturated heterocycles. The maximum Gasteiger partial charge on any atom is 0.250 e. The summed E-state index contributed by atoms with van der Waals surface area (Å²) < 4.78 is 5.16. The summed E-state index contributed by atoms with van der Waals surface area (Å²) in [6.45, 7) is 1.48. The van der Waals surface area contributed by atoms with Gasteiger partial charge in [-0.2, -0.15) is 0 Å². The van der Waals surface area contributed by atoms with Crippen LogP contribution in [-0.4, -0.2) is 41.6 Å². The number of hydrogen-bond donors (Lipinski definition) is 2. The third-order valence-electron chi connectivity index (χ3n) is 4.76. The van der Waals surface area contributed by atoms with E-state index in [4.69, 9.17) is 4.74 Å². The van der Waals surface area contributed by atoms with Gasteiger partial charge in [0.05, 0.1) is 18.5 Å². The molecule has 2 aromatic rings. The van der Waals surface area contributed by atoms with Crippen molar-refractivity contribution in [1.29, 1.82) is 0 Å². The van der Waals surface area contributed by atoms with Crippen LogP contribution in [0.15, 0.2) is 36.7 Å². The van der Waals surface area contributed by atoms with Crippen molar-refractivity contribution in [2.75, 3.05) is 35.7 Å². The van der Waals surface area contributed by atoms with Crippen molar-refractivity contribution in [2.24, 2.45) is 0 Å². The standard InChI is InChI=1S/C17H19N5O2/c1-24-15-10-14(18-11-19-15)22-8-6-17(7-9-22)16(23)20-12-4-2-3-5-13(12)21-17/h2-5,10-11,21H,6-9H2,1H3,(H,20,23). The van der Waals surface area contributed by atoms with Gasteiger partial charge in [-0.05, 0) is 25.0 Å². The summed E-state index contributed by atoms with van der Waals surface area (Å²) in [4.78, 5) is 23.1. The van der Waals surface area contributed by atoms with E-state index >= 15 is 0 Å². The number of amides is 1. The van der Waals surface area contributed by atoms with Gasteiger partial charge in [0.2, 0.25) is 11.8 Å². The van der Waals surface area contributed by atoms with E-state index < -0.39 is 5.54 Å². The lowest BCUT2D eigenvalue weighted by Crippen LogP contribution is -2.58. The van der Waals surface area contributed by atoms with E-state index in [0.717, 1.165) is 30.3 Å². The maximum atomic E-state index is 12.6. The average molecular weight is 325 g/mol. The lowest BCUT2D eigenvalue weighted by molar-refractivity contribution is -0.121. The Labute approximate surface area is 140 Å². The van der Waals surface area contributed by atoms with Gasteiger partial charge in [0, 0.05) is 19.2 Å². The van der Waals surface area contributed by atoms with Gasteiger partial charge < -0.3 is 20.3 Å². The molecule has 3 heterocycles.